The van der Waals surface area contributed by atoms with Crippen molar-refractivity contribution in [3.63, 3.8) is 0 Å². The monoisotopic (exact) mass is 574 g/mol. The standard InChI is InChI=1S/C32H30N8O3/c1-21(41)35-25-8-10-27(11-9-25)39(2)32(42)36-26-6-3-22(4-7-26)30-37-29-17-23(24-18-33-20-34-19-24)5-12-28(29)31(38-30)40-13-15-43-16-14-40/h3-12,17-20H,13-16H2,1-2H3,(H,35,41)(H,36,42). The molecule has 11 nitrogen and oxygen atoms in total. The van der Waals surface area contributed by atoms with Gasteiger partial charge >= 0.3 is 6.03 Å². The van der Waals surface area contributed by atoms with E-state index in [-0.39, 0.29) is 11.9 Å². The third-order valence-electron chi connectivity index (χ3n) is 7.16. The lowest BCUT2D eigenvalue weighted by molar-refractivity contribution is -0.114. The summed E-state index contributed by atoms with van der Waals surface area (Å²) in [6, 6.07) is 20.3. The van der Waals surface area contributed by atoms with Crippen molar-refractivity contribution < 1.29 is 14.3 Å². The molecule has 0 spiro atoms. The van der Waals surface area contributed by atoms with Crippen molar-refractivity contribution in [2.45, 2.75) is 6.92 Å². The van der Waals surface area contributed by atoms with Gasteiger partial charge < -0.3 is 20.3 Å². The Bertz CT molecular complexity index is 1760. The van der Waals surface area contributed by atoms with Gasteiger partial charge in [-0.05, 0) is 66.2 Å². The van der Waals surface area contributed by atoms with E-state index in [1.807, 2.05) is 36.4 Å². The predicted molar refractivity (Wildman–Crippen MR) is 167 cm³/mol. The quantitative estimate of drug-likeness (QED) is 0.283. The largest absolute Gasteiger partial charge is 0.378 e. The van der Waals surface area contributed by atoms with E-state index in [1.54, 1.807) is 43.7 Å². The molecule has 0 saturated carbocycles. The van der Waals surface area contributed by atoms with E-state index in [0.29, 0.717) is 36.1 Å². The number of nitrogens with one attached hydrogen (secondary N) is 2. The molecule has 0 unspecified atom stereocenters. The normalized spacial score (nSPS) is 13.0. The molecule has 1 aliphatic heterocycles. The molecule has 1 aliphatic rings. The van der Waals surface area contributed by atoms with Crippen LogP contribution in [0.25, 0.3) is 33.4 Å². The molecule has 2 N–H and O–H groups in total. The molecule has 0 aliphatic carbocycles. The summed E-state index contributed by atoms with van der Waals surface area (Å²) < 4.78 is 5.58. The summed E-state index contributed by atoms with van der Waals surface area (Å²) >= 11 is 0. The van der Waals surface area contributed by atoms with E-state index in [1.165, 1.54) is 18.2 Å². The van der Waals surface area contributed by atoms with Crippen LogP contribution in [0.3, 0.4) is 0 Å². The summed E-state index contributed by atoms with van der Waals surface area (Å²) in [4.78, 5) is 46.2. The fourth-order valence-corrected chi connectivity index (χ4v) is 4.88. The molecule has 0 atom stereocenters. The lowest BCUT2D eigenvalue weighted by Gasteiger charge is -2.29. The van der Waals surface area contributed by atoms with E-state index in [9.17, 15) is 9.59 Å². The number of carbonyl (C=O) groups excluding carboxylic acids is 2. The Balaban J connectivity index is 1.26. The molecule has 216 valence electrons. The number of morpholine rings is 1. The van der Waals surface area contributed by atoms with Gasteiger partial charge in [0.05, 0.1) is 18.7 Å². The van der Waals surface area contributed by atoms with Crippen LogP contribution in [0.4, 0.5) is 27.7 Å². The van der Waals surface area contributed by atoms with Crippen molar-refractivity contribution >= 4 is 45.7 Å². The number of hydrogen-bond acceptors (Lipinski definition) is 8. The van der Waals surface area contributed by atoms with Gasteiger partial charge in [0, 0.05) is 73.0 Å². The first-order valence-electron chi connectivity index (χ1n) is 13.9. The molecule has 2 aromatic heterocycles. The van der Waals surface area contributed by atoms with Crippen LogP contribution in [-0.4, -0.2) is 65.2 Å². The lowest BCUT2D eigenvalue weighted by Crippen LogP contribution is -2.37. The van der Waals surface area contributed by atoms with E-state index in [2.05, 4.69) is 31.6 Å². The van der Waals surface area contributed by atoms with Crippen molar-refractivity contribution in [3.8, 4) is 22.5 Å². The predicted octanol–water partition coefficient (Wildman–Crippen LogP) is 5.22. The Labute approximate surface area is 248 Å². The van der Waals surface area contributed by atoms with Gasteiger partial charge in [-0.25, -0.2) is 24.7 Å². The topological polar surface area (TPSA) is 125 Å². The SMILES string of the molecule is CC(=O)Nc1ccc(N(C)C(=O)Nc2ccc(-c3nc(N4CCOCC4)c4ccc(-c5cncnc5)cc4n3)cc2)cc1. The minimum Gasteiger partial charge on any atom is -0.378 e. The highest BCUT2D eigenvalue weighted by atomic mass is 16.5. The van der Waals surface area contributed by atoms with Gasteiger partial charge in [-0.2, -0.15) is 0 Å². The van der Waals surface area contributed by atoms with Crippen LogP contribution in [0.1, 0.15) is 6.92 Å². The van der Waals surface area contributed by atoms with Crippen LogP contribution in [-0.2, 0) is 9.53 Å². The summed E-state index contributed by atoms with van der Waals surface area (Å²) in [6.45, 7) is 4.22. The number of aromatic nitrogens is 4. The molecular weight excluding hydrogens is 544 g/mol. The zero-order chi connectivity index (χ0) is 29.8. The number of urea groups is 1. The number of rotatable bonds is 6. The highest BCUT2D eigenvalue weighted by molar-refractivity contribution is 6.01. The van der Waals surface area contributed by atoms with Crippen molar-refractivity contribution in [3.05, 3.63) is 85.5 Å². The van der Waals surface area contributed by atoms with Crippen LogP contribution in [0, 0.1) is 0 Å². The molecule has 11 heteroatoms. The Hall–Kier alpha value is -5.42. The molecule has 1 fully saturated rings. The van der Waals surface area contributed by atoms with E-state index in [0.717, 1.165) is 46.5 Å². The number of amides is 3. The van der Waals surface area contributed by atoms with Gasteiger partial charge in [-0.1, -0.05) is 6.07 Å². The first kappa shape index (κ1) is 27.7. The Morgan fingerprint density at radius 1 is 0.814 bits per heavy atom. The highest BCUT2D eigenvalue weighted by Gasteiger charge is 2.19. The van der Waals surface area contributed by atoms with E-state index in [4.69, 9.17) is 14.7 Å². The molecule has 3 heterocycles. The average Bonchev–Trinajstić information content (AvgIpc) is 3.05. The maximum absolute atomic E-state index is 12.9. The zero-order valence-corrected chi connectivity index (χ0v) is 23.8. The molecule has 0 radical (unpaired) electrons. The van der Waals surface area contributed by atoms with Gasteiger partial charge in [0.15, 0.2) is 5.82 Å². The van der Waals surface area contributed by atoms with Crippen LogP contribution in [0.15, 0.2) is 85.5 Å². The van der Waals surface area contributed by atoms with Crippen LogP contribution >= 0.6 is 0 Å². The minimum atomic E-state index is -0.297. The van der Waals surface area contributed by atoms with Crippen LogP contribution in [0.5, 0.6) is 0 Å². The molecule has 5 aromatic rings. The number of nitrogens with zero attached hydrogens (tertiary/aromatic N) is 6. The second-order valence-corrected chi connectivity index (χ2v) is 10.1. The van der Waals surface area contributed by atoms with E-state index < -0.39 is 0 Å². The third-order valence-corrected chi connectivity index (χ3v) is 7.16. The maximum atomic E-state index is 12.9. The van der Waals surface area contributed by atoms with Gasteiger partial charge in [-0.3, -0.25) is 9.69 Å². The number of anilines is 4. The second kappa shape index (κ2) is 12.2. The summed E-state index contributed by atoms with van der Waals surface area (Å²) in [6.07, 6.45) is 5.08. The summed E-state index contributed by atoms with van der Waals surface area (Å²) in [5, 5.41) is 6.61. The Kier molecular flexibility index (Phi) is 7.88. The number of benzene rings is 3. The Morgan fingerprint density at radius 2 is 1.47 bits per heavy atom. The van der Waals surface area contributed by atoms with Crippen molar-refractivity contribution in [2.75, 3.05) is 53.8 Å². The first-order chi connectivity index (χ1) is 20.9. The maximum Gasteiger partial charge on any atom is 0.326 e. The van der Waals surface area contributed by atoms with Gasteiger partial charge in [0.1, 0.15) is 12.1 Å². The van der Waals surface area contributed by atoms with Gasteiger partial charge in [-0.15, -0.1) is 0 Å². The van der Waals surface area contributed by atoms with E-state index >= 15 is 0 Å². The number of fused-ring (bicyclic) bond motifs is 1. The zero-order valence-electron chi connectivity index (χ0n) is 23.8. The molecule has 1 saturated heterocycles. The fraction of sp³-hybridized carbons (Fsp3) is 0.188. The summed E-state index contributed by atoms with van der Waals surface area (Å²) in [5.74, 6) is 1.30. The van der Waals surface area contributed by atoms with Crippen molar-refractivity contribution in [2.24, 2.45) is 0 Å². The number of carbonyl (C=O) groups is 2. The van der Waals surface area contributed by atoms with Gasteiger partial charge in [0.25, 0.3) is 0 Å². The van der Waals surface area contributed by atoms with Crippen molar-refractivity contribution in [1.29, 1.82) is 0 Å². The second-order valence-electron chi connectivity index (χ2n) is 10.1. The summed E-state index contributed by atoms with van der Waals surface area (Å²) in [5.41, 5.74) is 5.50. The van der Waals surface area contributed by atoms with Crippen LogP contribution in [0.2, 0.25) is 0 Å². The first-order valence-corrected chi connectivity index (χ1v) is 13.9. The number of hydrogen-bond donors (Lipinski definition) is 2. The molecule has 6 rings (SSSR count). The molecule has 0 bridgehead atoms. The minimum absolute atomic E-state index is 0.152. The smallest absolute Gasteiger partial charge is 0.326 e. The molecule has 3 amide bonds. The van der Waals surface area contributed by atoms with Crippen molar-refractivity contribution in [1.82, 2.24) is 19.9 Å². The van der Waals surface area contributed by atoms with Gasteiger partial charge in [0.2, 0.25) is 5.91 Å². The van der Waals surface area contributed by atoms with Crippen LogP contribution < -0.4 is 20.4 Å². The lowest BCUT2D eigenvalue weighted by atomic mass is 10.1. The molecule has 3 aromatic carbocycles. The fourth-order valence-electron chi connectivity index (χ4n) is 4.88. The average molecular weight is 575 g/mol. The highest BCUT2D eigenvalue weighted by Crippen LogP contribution is 2.31. The number of ether oxygens (including phenoxy) is 1. The Morgan fingerprint density at radius 3 is 2.16 bits per heavy atom. The summed E-state index contributed by atoms with van der Waals surface area (Å²) in [7, 11) is 1.68. The third kappa shape index (κ3) is 6.26. The molecular formula is C32H30N8O3. The molecule has 43 heavy (non-hydrogen) atoms.